The van der Waals surface area contributed by atoms with E-state index in [1.807, 2.05) is 38.1 Å². The van der Waals surface area contributed by atoms with Crippen LogP contribution in [0.15, 0.2) is 37.4 Å². The lowest BCUT2D eigenvalue weighted by Gasteiger charge is -2.22. The van der Waals surface area contributed by atoms with Gasteiger partial charge in [-0.1, -0.05) is 32.2 Å². The highest BCUT2D eigenvalue weighted by molar-refractivity contribution is 5.61. The molecule has 0 radical (unpaired) electrons. The lowest BCUT2D eigenvalue weighted by molar-refractivity contribution is 0.448. The second kappa shape index (κ2) is 6.74. The molecule has 0 saturated carbocycles. The SMILES string of the molecule is C=Cc1cc(C)c(O)c(C(CC)c2cc(C=C)cc(C)c2O)c1. The molecule has 0 atom stereocenters. The van der Waals surface area contributed by atoms with Crippen LogP contribution >= 0.6 is 0 Å². The third-order valence-corrected chi connectivity index (χ3v) is 4.34. The molecule has 120 valence electrons. The van der Waals surface area contributed by atoms with Crippen LogP contribution in [0.3, 0.4) is 0 Å². The Morgan fingerprint density at radius 1 is 0.870 bits per heavy atom. The Hall–Kier alpha value is -2.48. The van der Waals surface area contributed by atoms with E-state index in [-0.39, 0.29) is 17.4 Å². The summed E-state index contributed by atoms with van der Waals surface area (Å²) in [6.45, 7) is 13.4. The molecule has 0 unspecified atom stereocenters. The van der Waals surface area contributed by atoms with Crippen molar-refractivity contribution < 1.29 is 10.2 Å². The fourth-order valence-corrected chi connectivity index (χ4v) is 3.05. The van der Waals surface area contributed by atoms with Crippen LogP contribution in [-0.4, -0.2) is 10.2 Å². The molecule has 0 heterocycles. The van der Waals surface area contributed by atoms with Gasteiger partial charge in [0.05, 0.1) is 0 Å². The summed E-state index contributed by atoms with van der Waals surface area (Å²) in [5, 5.41) is 21.1. The zero-order valence-electron chi connectivity index (χ0n) is 14.1. The monoisotopic (exact) mass is 308 g/mol. The van der Waals surface area contributed by atoms with Gasteiger partial charge in [0.2, 0.25) is 0 Å². The van der Waals surface area contributed by atoms with Crippen LogP contribution in [0.5, 0.6) is 11.5 Å². The number of benzene rings is 2. The molecular weight excluding hydrogens is 284 g/mol. The quantitative estimate of drug-likeness (QED) is 0.761. The average Bonchev–Trinajstić information content (AvgIpc) is 2.55. The first kappa shape index (κ1) is 16.9. The molecule has 0 saturated heterocycles. The first-order chi connectivity index (χ1) is 10.9. The van der Waals surface area contributed by atoms with Gasteiger partial charge in [-0.05, 0) is 66.8 Å². The van der Waals surface area contributed by atoms with Crippen molar-refractivity contribution in [2.24, 2.45) is 0 Å². The van der Waals surface area contributed by atoms with Crippen molar-refractivity contribution in [3.63, 3.8) is 0 Å². The molecule has 0 aliphatic carbocycles. The third kappa shape index (κ3) is 3.16. The smallest absolute Gasteiger partial charge is 0.122 e. The van der Waals surface area contributed by atoms with Crippen molar-refractivity contribution in [3.05, 3.63) is 70.8 Å². The van der Waals surface area contributed by atoms with E-state index in [0.29, 0.717) is 0 Å². The van der Waals surface area contributed by atoms with Gasteiger partial charge in [-0.25, -0.2) is 0 Å². The van der Waals surface area contributed by atoms with Crippen LogP contribution in [0, 0.1) is 13.8 Å². The van der Waals surface area contributed by atoms with E-state index >= 15 is 0 Å². The van der Waals surface area contributed by atoms with Crippen molar-refractivity contribution in [1.29, 1.82) is 0 Å². The molecule has 0 aromatic heterocycles. The van der Waals surface area contributed by atoms with E-state index in [4.69, 9.17) is 0 Å². The maximum absolute atomic E-state index is 10.5. The topological polar surface area (TPSA) is 40.5 Å². The van der Waals surface area contributed by atoms with Crippen molar-refractivity contribution in [1.82, 2.24) is 0 Å². The van der Waals surface area contributed by atoms with Gasteiger partial charge in [0.15, 0.2) is 0 Å². The van der Waals surface area contributed by atoms with Gasteiger partial charge in [0.25, 0.3) is 0 Å². The second-order valence-corrected chi connectivity index (χ2v) is 5.92. The number of phenols is 2. The van der Waals surface area contributed by atoms with E-state index in [1.54, 1.807) is 12.2 Å². The molecule has 2 aromatic carbocycles. The van der Waals surface area contributed by atoms with E-state index in [0.717, 1.165) is 39.8 Å². The Balaban J connectivity index is 2.70. The maximum atomic E-state index is 10.5. The molecule has 0 aliphatic rings. The first-order valence-electron chi connectivity index (χ1n) is 7.84. The summed E-state index contributed by atoms with van der Waals surface area (Å²) in [6, 6.07) is 7.70. The summed E-state index contributed by atoms with van der Waals surface area (Å²) >= 11 is 0. The zero-order chi connectivity index (χ0) is 17.1. The predicted molar refractivity (Wildman–Crippen MR) is 98.0 cm³/mol. The summed E-state index contributed by atoms with van der Waals surface area (Å²) in [5.41, 5.74) is 5.19. The predicted octanol–water partition coefficient (Wildman–Crippen LogP) is 5.54. The van der Waals surface area contributed by atoms with E-state index in [2.05, 4.69) is 20.1 Å². The molecule has 2 N–H and O–H groups in total. The molecule has 0 amide bonds. The summed E-state index contributed by atoms with van der Waals surface area (Å²) in [4.78, 5) is 0. The lowest BCUT2D eigenvalue weighted by atomic mass is 9.84. The van der Waals surface area contributed by atoms with E-state index < -0.39 is 0 Å². The number of aryl methyl sites for hydroxylation is 2. The fourth-order valence-electron chi connectivity index (χ4n) is 3.05. The minimum Gasteiger partial charge on any atom is -0.507 e. The number of aromatic hydroxyl groups is 2. The summed E-state index contributed by atoms with van der Waals surface area (Å²) in [7, 11) is 0. The van der Waals surface area contributed by atoms with Crippen molar-refractivity contribution in [2.45, 2.75) is 33.1 Å². The Morgan fingerprint density at radius 2 is 1.26 bits per heavy atom. The summed E-state index contributed by atoms with van der Waals surface area (Å²) in [5.74, 6) is 0.471. The highest BCUT2D eigenvalue weighted by Crippen LogP contribution is 2.41. The highest BCUT2D eigenvalue weighted by Gasteiger charge is 2.22. The zero-order valence-corrected chi connectivity index (χ0v) is 14.1. The minimum atomic E-state index is -0.0906. The van der Waals surface area contributed by atoms with Gasteiger partial charge in [-0.3, -0.25) is 0 Å². The number of phenolic OH excluding ortho intramolecular Hbond substituents is 2. The molecule has 0 bridgehead atoms. The fraction of sp³-hybridized carbons (Fsp3) is 0.238. The third-order valence-electron chi connectivity index (χ3n) is 4.34. The number of hydrogen-bond acceptors (Lipinski definition) is 2. The average molecular weight is 308 g/mol. The van der Waals surface area contributed by atoms with E-state index in [1.165, 1.54) is 0 Å². The van der Waals surface area contributed by atoms with Gasteiger partial charge in [0.1, 0.15) is 11.5 Å². The van der Waals surface area contributed by atoms with Crippen LogP contribution < -0.4 is 0 Å². The minimum absolute atomic E-state index is 0.0906. The summed E-state index contributed by atoms with van der Waals surface area (Å²) < 4.78 is 0. The molecular formula is C21H24O2. The molecule has 0 fully saturated rings. The van der Waals surface area contributed by atoms with Crippen LogP contribution in [-0.2, 0) is 0 Å². The Morgan fingerprint density at radius 3 is 1.57 bits per heavy atom. The first-order valence-corrected chi connectivity index (χ1v) is 7.84. The molecule has 0 aliphatic heterocycles. The van der Waals surface area contributed by atoms with Crippen LogP contribution in [0.25, 0.3) is 12.2 Å². The van der Waals surface area contributed by atoms with Crippen molar-refractivity contribution >= 4 is 12.2 Å². The Kier molecular flexibility index (Phi) is 4.95. The van der Waals surface area contributed by atoms with Gasteiger partial charge >= 0.3 is 0 Å². The van der Waals surface area contributed by atoms with E-state index in [9.17, 15) is 10.2 Å². The maximum Gasteiger partial charge on any atom is 0.122 e. The second-order valence-electron chi connectivity index (χ2n) is 5.92. The number of hydrogen-bond donors (Lipinski definition) is 2. The molecule has 2 nitrogen and oxygen atoms in total. The van der Waals surface area contributed by atoms with Crippen molar-refractivity contribution in [2.75, 3.05) is 0 Å². The van der Waals surface area contributed by atoms with Crippen molar-refractivity contribution in [3.8, 4) is 11.5 Å². The van der Waals surface area contributed by atoms with Crippen LogP contribution in [0.1, 0.15) is 52.6 Å². The standard InChI is InChI=1S/C21H24O2/c1-6-15-9-13(4)20(22)18(11-15)17(8-3)19-12-16(7-2)10-14(5)21(19)23/h6-7,9-12,17,22-23H,1-2,8H2,3-5H3. The molecule has 2 rings (SSSR count). The van der Waals surface area contributed by atoms with Gasteiger partial charge in [-0.15, -0.1) is 0 Å². The van der Waals surface area contributed by atoms with Crippen LogP contribution in [0.4, 0.5) is 0 Å². The van der Waals surface area contributed by atoms with Gasteiger partial charge in [-0.2, -0.15) is 0 Å². The normalized spacial score (nSPS) is 10.8. The summed E-state index contributed by atoms with van der Waals surface area (Å²) in [6.07, 6.45) is 4.31. The highest BCUT2D eigenvalue weighted by atomic mass is 16.3. The molecule has 0 spiro atoms. The van der Waals surface area contributed by atoms with Gasteiger partial charge < -0.3 is 10.2 Å². The Bertz CT molecular complexity index is 693. The lowest BCUT2D eigenvalue weighted by Crippen LogP contribution is -2.03. The van der Waals surface area contributed by atoms with Crippen LogP contribution in [0.2, 0.25) is 0 Å². The molecule has 23 heavy (non-hydrogen) atoms. The Labute approximate surface area is 138 Å². The molecule has 2 aromatic rings. The van der Waals surface area contributed by atoms with Gasteiger partial charge in [0, 0.05) is 17.0 Å². The molecule has 2 heteroatoms. The largest absolute Gasteiger partial charge is 0.507 e. The number of rotatable bonds is 5.